The third-order valence-corrected chi connectivity index (χ3v) is 6.61. The first-order valence-corrected chi connectivity index (χ1v) is 13.3. The number of nitrogens with one attached hydrogen (secondary N) is 2. The lowest BCUT2D eigenvalue weighted by Gasteiger charge is -2.31. The summed E-state index contributed by atoms with van der Waals surface area (Å²) in [6.45, 7) is 7.78. The molecule has 0 unspecified atom stereocenters. The SMILES string of the molecule is CC(C)[C@H](NC(=O)OC(C)(C)C)C(=O)N1C[C@H](O)C[C@H]1C(=O)N[C@@H](CO)c1ccc(-c2c(F)ccc(F)c2F)cc1. The van der Waals surface area contributed by atoms with Gasteiger partial charge in [0.1, 0.15) is 23.5 Å². The number of carbonyl (C=O) groups excluding carboxylic acids is 3. The molecule has 0 radical (unpaired) electrons. The van der Waals surface area contributed by atoms with Crippen molar-refractivity contribution >= 4 is 17.9 Å². The van der Waals surface area contributed by atoms with Gasteiger partial charge in [0.2, 0.25) is 11.8 Å². The standard InChI is InChI=1S/C29H36F3N3O6/c1-15(2)25(34-28(40)41-29(3,4)5)27(39)35-13-18(37)12-22(35)26(38)33-21(14-36)16-6-8-17(9-7-16)23-19(30)10-11-20(31)24(23)32/h6-11,15,18,21-22,25,36-37H,12-14H2,1-5H3,(H,33,38)(H,34,40)/t18-,21+,22+,25+/m1/s1. The molecule has 0 spiro atoms. The maximum absolute atomic E-state index is 14.2. The second kappa shape index (κ2) is 12.9. The molecule has 9 nitrogen and oxygen atoms in total. The lowest BCUT2D eigenvalue weighted by Crippen LogP contribution is -2.56. The van der Waals surface area contributed by atoms with Crippen molar-refractivity contribution in [2.75, 3.05) is 13.2 Å². The number of nitrogens with zero attached hydrogens (tertiary/aromatic N) is 1. The highest BCUT2D eigenvalue weighted by atomic mass is 19.2. The maximum atomic E-state index is 14.2. The Balaban J connectivity index is 1.77. The third-order valence-electron chi connectivity index (χ3n) is 6.61. The number of β-amino-alcohol motifs (C(OH)–C–C–N with tert-alkyl or cyclic N) is 1. The fourth-order valence-corrected chi connectivity index (χ4v) is 4.61. The van der Waals surface area contributed by atoms with E-state index in [4.69, 9.17) is 4.74 Å². The Labute approximate surface area is 236 Å². The van der Waals surface area contributed by atoms with Crippen LogP contribution >= 0.6 is 0 Å². The van der Waals surface area contributed by atoms with Crippen LogP contribution in [0.15, 0.2) is 36.4 Å². The molecule has 2 aromatic carbocycles. The summed E-state index contributed by atoms with van der Waals surface area (Å²) in [6.07, 6.45) is -1.86. The Morgan fingerprint density at radius 3 is 2.20 bits per heavy atom. The van der Waals surface area contributed by atoms with Crippen molar-refractivity contribution < 1.29 is 42.5 Å². The van der Waals surface area contributed by atoms with Gasteiger partial charge in [0.15, 0.2) is 11.6 Å². The average Bonchev–Trinajstić information content (AvgIpc) is 3.29. The Morgan fingerprint density at radius 1 is 1.02 bits per heavy atom. The fourth-order valence-electron chi connectivity index (χ4n) is 4.61. The summed E-state index contributed by atoms with van der Waals surface area (Å²) < 4.78 is 47.3. The zero-order valence-electron chi connectivity index (χ0n) is 23.6. The Bertz CT molecular complexity index is 1270. The molecule has 0 aliphatic carbocycles. The number of amides is 3. The number of alkyl carbamates (subject to hydrolysis) is 1. The van der Waals surface area contributed by atoms with Gasteiger partial charge in [-0.15, -0.1) is 0 Å². The van der Waals surface area contributed by atoms with E-state index in [1.807, 2.05) is 0 Å². The zero-order chi connectivity index (χ0) is 30.6. The summed E-state index contributed by atoms with van der Waals surface area (Å²) in [7, 11) is 0. The van der Waals surface area contributed by atoms with Gasteiger partial charge in [-0.05, 0) is 49.9 Å². The van der Waals surface area contributed by atoms with Crippen LogP contribution < -0.4 is 10.6 Å². The van der Waals surface area contributed by atoms with Crippen LogP contribution in [0.1, 0.15) is 52.6 Å². The number of aliphatic hydroxyl groups excluding tert-OH is 2. The average molecular weight is 580 g/mol. The molecule has 4 N–H and O–H groups in total. The molecule has 0 bridgehead atoms. The van der Waals surface area contributed by atoms with Crippen molar-refractivity contribution in [2.24, 2.45) is 5.92 Å². The first-order valence-electron chi connectivity index (χ1n) is 13.3. The predicted molar refractivity (Wildman–Crippen MR) is 144 cm³/mol. The molecule has 1 aliphatic heterocycles. The number of benzene rings is 2. The number of rotatable bonds is 8. The molecule has 0 saturated carbocycles. The molecule has 0 aromatic heterocycles. The predicted octanol–water partition coefficient (Wildman–Crippen LogP) is 3.43. The molecule has 224 valence electrons. The molecule has 2 aromatic rings. The second-order valence-electron chi connectivity index (χ2n) is 11.3. The molecule has 1 heterocycles. The molecule has 4 atom stereocenters. The van der Waals surface area contributed by atoms with E-state index in [-0.39, 0.29) is 24.4 Å². The van der Waals surface area contributed by atoms with Crippen molar-refractivity contribution in [1.82, 2.24) is 15.5 Å². The molecule has 3 amide bonds. The fraction of sp³-hybridized carbons (Fsp3) is 0.483. The largest absolute Gasteiger partial charge is 0.444 e. The molecular formula is C29H36F3N3O6. The minimum absolute atomic E-state index is 0.0548. The van der Waals surface area contributed by atoms with E-state index in [9.17, 15) is 37.8 Å². The molecule has 1 saturated heterocycles. The van der Waals surface area contributed by atoms with Gasteiger partial charge in [0.25, 0.3) is 0 Å². The minimum Gasteiger partial charge on any atom is -0.444 e. The summed E-state index contributed by atoms with van der Waals surface area (Å²) >= 11 is 0. The number of carbonyl (C=O) groups is 3. The minimum atomic E-state index is -1.34. The van der Waals surface area contributed by atoms with Gasteiger partial charge < -0.3 is 30.5 Å². The molecule has 1 aliphatic rings. The number of likely N-dealkylation sites (tertiary alicyclic amines) is 1. The summed E-state index contributed by atoms with van der Waals surface area (Å²) in [5, 5.41) is 25.5. The lowest BCUT2D eigenvalue weighted by atomic mass is 9.99. The van der Waals surface area contributed by atoms with Gasteiger partial charge in [-0.3, -0.25) is 9.59 Å². The van der Waals surface area contributed by atoms with Gasteiger partial charge in [-0.1, -0.05) is 38.1 Å². The van der Waals surface area contributed by atoms with E-state index in [0.717, 1.165) is 6.07 Å². The molecular weight excluding hydrogens is 543 g/mol. The summed E-state index contributed by atoms with van der Waals surface area (Å²) in [6, 6.07) is 3.91. The van der Waals surface area contributed by atoms with Crippen LogP contribution in [-0.4, -0.2) is 70.0 Å². The van der Waals surface area contributed by atoms with Gasteiger partial charge >= 0.3 is 6.09 Å². The van der Waals surface area contributed by atoms with Crippen LogP contribution in [0.4, 0.5) is 18.0 Å². The number of ether oxygens (including phenoxy) is 1. The van der Waals surface area contributed by atoms with Crippen molar-refractivity contribution in [3.63, 3.8) is 0 Å². The number of hydrogen-bond acceptors (Lipinski definition) is 6. The van der Waals surface area contributed by atoms with E-state index in [2.05, 4.69) is 10.6 Å². The smallest absolute Gasteiger partial charge is 0.408 e. The lowest BCUT2D eigenvalue weighted by molar-refractivity contribution is -0.141. The van der Waals surface area contributed by atoms with Crippen molar-refractivity contribution in [3.05, 3.63) is 59.4 Å². The van der Waals surface area contributed by atoms with Crippen LogP contribution in [0.3, 0.4) is 0 Å². The van der Waals surface area contributed by atoms with E-state index < -0.39 is 77.4 Å². The Hall–Kier alpha value is -3.64. The normalized spacial score (nSPS) is 18.7. The number of aliphatic hydroxyl groups is 2. The summed E-state index contributed by atoms with van der Waals surface area (Å²) in [4.78, 5) is 40.3. The van der Waals surface area contributed by atoms with Gasteiger partial charge in [0.05, 0.1) is 24.3 Å². The maximum Gasteiger partial charge on any atom is 0.408 e. The van der Waals surface area contributed by atoms with E-state index in [1.165, 1.54) is 29.2 Å². The van der Waals surface area contributed by atoms with Crippen molar-refractivity contribution in [3.8, 4) is 11.1 Å². The topological polar surface area (TPSA) is 128 Å². The molecule has 41 heavy (non-hydrogen) atoms. The van der Waals surface area contributed by atoms with Crippen LogP contribution in [0.2, 0.25) is 0 Å². The van der Waals surface area contributed by atoms with Gasteiger partial charge in [-0.2, -0.15) is 0 Å². The summed E-state index contributed by atoms with van der Waals surface area (Å²) in [5.74, 6) is -5.09. The van der Waals surface area contributed by atoms with Crippen LogP contribution in [-0.2, 0) is 14.3 Å². The van der Waals surface area contributed by atoms with E-state index in [0.29, 0.717) is 11.6 Å². The number of hydrogen-bond donors (Lipinski definition) is 4. The van der Waals surface area contributed by atoms with Gasteiger partial charge in [0, 0.05) is 13.0 Å². The Kier molecular flexibility index (Phi) is 10.0. The number of halogens is 3. The van der Waals surface area contributed by atoms with Crippen LogP contribution in [0, 0.1) is 23.4 Å². The van der Waals surface area contributed by atoms with Crippen LogP contribution in [0.25, 0.3) is 11.1 Å². The first-order chi connectivity index (χ1) is 19.1. The monoisotopic (exact) mass is 579 g/mol. The molecule has 3 rings (SSSR count). The highest BCUT2D eigenvalue weighted by molar-refractivity contribution is 5.92. The van der Waals surface area contributed by atoms with E-state index >= 15 is 0 Å². The van der Waals surface area contributed by atoms with E-state index in [1.54, 1.807) is 34.6 Å². The Morgan fingerprint density at radius 2 is 1.63 bits per heavy atom. The highest BCUT2D eigenvalue weighted by Gasteiger charge is 2.43. The highest BCUT2D eigenvalue weighted by Crippen LogP contribution is 2.29. The first kappa shape index (κ1) is 31.9. The quantitative estimate of drug-likeness (QED) is 0.355. The second-order valence-corrected chi connectivity index (χ2v) is 11.3. The van der Waals surface area contributed by atoms with Gasteiger partial charge in [-0.25, -0.2) is 18.0 Å². The summed E-state index contributed by atoms with van der Waals surface area (Å²) in [5.41, 5.74) is -0.906. The third kappa shape index (κ3) is 7.76. The molecule has 12 heteroatoms. The van der Waals surface area contributed by atoms with Crippen molar-refractivity contribution in [1.29, 1.82) is 0 Å². The molecule has 1 fully saturated rings. The zero-order valence-corrected chi connectivity index (χ0v) is 23.6. The van der Waals surface area contributed by atoms with Crippen molar-refractivity contribution in [2.45, 2.75) is 70.9 Å². The van der Waals surface area contributed by atoms with Crippen LogP contribution in [0.5, 0.6) is 0 Å².